The molecule has 1 aromatic rings. The summed E-state index contributed by atoms with van der Waals surface area (Å²) < 4.78 is 5.59. The third-order valence-electron chi connectivity index (χ3n) is 2.28. The lowest BCUT2D eigenvalue weighted by Crippen LogP contribution is -2.23. The van der Waals surface area contributed by atoms with Crippen LogP contribution in [-0.4, -0.2) is 24.7 Å². The minimum Gasteiger partial charge on any atom is -0.377 e. The highest BCUT2D eigenvalue weighted by atomic mass is 16.5. The number of nitrogens with one attached hydrogen (secondary N) is 1. The summed E-state index contributed by atoms with van der Waals surface area (Å²) in [5.41, 5.74) is 2.21. The molecule has 0 aliphatic carbocycles. The van der Waals surface area contributed by atoms with E-state index >= 15 is 0 Å². The van der Waals surface area contributed by atoms with Gasteiger partial charge in [0.05, 0.1) is 18.8 Å². The van der Waals surface area contributed by atoms with Crippen LogP contribution in [0.5, 0.6) is 0 Å². The van der Waals surface area contributed by atoms with Gasteiger partial charge in [0.25, 0.3) is 0 Å². The molecule has 1 N–H and O–H groups in total. The van der Waals surface area contributed by atoms with Crippen molar-refractivity contribution in [1.82, 2.24) is 10.3 Å². The second kappa shape index (κ2) is 5.83. The summed E-state index contributed by atoms with van der Waals surface area (Å²) in [7, 11) is 1.94. The predicted molar refractivity (Wildman–Crippen MR) is 61.9 cm³/mol. The van der Waals surface area contributed by atoms with E-state index in [4.69, 9.17) is 4.74 Å². The molecule has 0 aliphatic heterocycles. The lowest BCUT2D eigenvalue weighted by Gasteiger charge is -2.18. The number of aromatic nitrogens is 1. The molecule has 0 saturated heterocycles. The Balaban J connectivity index is 2.61. The normalized spacial score (nSPS) is 13.1. The van der Waals surface area contributed by atoms with Crippen LogP contribution in [0, 0.1) is 6.92 Å². The monoisotopic (exact) mass is 208 g/mol. The molecule has 3 heteroatoms. The third-order valence-corrected chi connectivity index (χ3v) is 2.28. The van der Waals surface area contributed by atoms with E-state index in [1.54, 1.807) is 0 Å². The summed E-state index contributed by atoms with van der Waals surface area (Å²) in [5.74, 6) is 0. The maximum Gasteiger partial charge on any atom is 0.0665 e. The van der Waals surface area contributed by atoms with Gasteiger partial charge in [0, 0.05) is 11.9 Å². The van der Waals surface area contributed by atoms with Crippen molar-refractivity contribution in [3.05, 3.63) is 29.6 Å². The van der Waals surface area contributed by atoms with E-state index in [9.17, 15) is 0 Å². The zero-order valence-electron chi connectivity index (χ0n) is 9.95. The van der Waals surface area contributed by atoms with Crippen LogP contribution in [0.15, 0.2) is 18.3 Å². The Bertz CT molecular complexity index is 282. The van der Waals surface area contributed by atoms with Crippen molar-refractivity contribution in [2.45, 2.75) is 32.9 Å². The van der Waals surface area contributed by atoms with Crippen molar-refractivity contribution in [3.63, 3.8) is 0 Å². The number of nitrogens with zero attached hydrogens (tertiary/aromatic N) is 1. The van der Waals surface area contributed by atoms with E-state index in [-0.39, 0.29) is 12.1 Å². The second-order valence-corrected chi connectivity index (χ2v) is 3.96. The minimum absolute atomic E-state index is 0.223. The SMILES string of the molecule is CNC(COC(C)C)c1ccc(C)nc1. The molecule has 0 spiro atoms. The van der Waals surface area contributed by atoms with Crippen molar-refractivity contribution in [1.29, 1.82) is 0 Å². The molecule has 1 aromatic heterocycles. The minimum atomic E-state index is 0.223. The third kappa shape index (κ3) is 3.98. The molecule has 3 nitrogen and oxygen atoms in total. The van der Waals surface area contributed by atoms with Gasteiger partial charge in [-0.15, -0.1) is 0 Å². The first-order valence-electron chi connectivity index (χ1n) is 5.35. The van der Waals surface area contributed by atoms with E-state index < -0.39 is 0 Å². The summed E-state index contributed by atoms with van der Waals surface area (Å²) >= 11 is 0. The summed E-state index contributed by atoms with van der Waals surface area (Å²) in [5, 5.41) is 3.23. The molecule has 0 fully saturated rings. The van der Waals surface area contributed by atoms with Crippen molar-refractivity contribution < 1.29 is 4.74 Å². The van der Waals surface area contributed by atoms with Gasteiger partial charge >= 0.3 is 0 Å². The maximum atomic E-state index is 5.59. The van der Waals surface area contributed by atoms with Crippen molar-refractivity contribution in [2.75, 3.05) is 13.7 Å². The molecular formula is C12H20N2O. The molecule has 1 heterocycles. The molecule has 0 radical (unpaired) electrons. The summed E-state index contributed by atoms with van der Waals surface area (Å²) in [6.45, 7) is 6.75. The zero-order valence-corrected chi connectivity index (χ0v) is 9.95. The van der Waals surface area contributed by atoms with Crippen molar-refractivity contribution in [3.8, 4) is 0 Å². The highest BCUT2D eigenvalue weighted by Crippen LogP contribution is 2.12. The van der Waals surface area contributed by atoms with E-state index in [2.05, 4.69) is 16.4 Å². The number of hydrogen-bond donors (Lipinski definition) is 1. The van der Waals surface area contributed by atoms with Gasteiger partial charge in [0.1, 0.15) is 0 Å². The highest BCUT2D eigenvalue weighted by Gasteiger charge is 2.10. The quantitative estimate of drug-likeness (QED) is 0.804. The molecule has 0 aliphatic rings. The van der Waals surface area contributed by atoms with Crippen molar-refractivity contribution >= 4 is 0 Å². The van der Waals surface area contributed by atoms with Gasteiger partial charge in [-0.05, 0) is 39.4 Å². The molecule has 1 rings (SSSR count). The zero-order chi connectivity index (χ0) is 11.3. The number of aryl methyl sites for hydroxylation is 1. The van der Waals surface area contributed by atoms with Gasteiger partial charge in [-0.3, -0.25) is 4.98 Å². The molecule has 84 valence electrons. The molecule has 0 amide bonds. The second-order valence-electron chi connectivity index (χ2n) is 3.96. The van der Waals surface area contributed by atoms with E-state index in [1.807, 2.05) is 40.1 Å². The summed E-state index contributed by atoms with van der Waals surface area (Å²) in [4.78, 5) is 4.28. The van der Waals surface area contributed by atoms with Gasteiger partial charge in [-0.1, -0.05) is 6.07 Å². The largest absolute Gasteiger partial charge is 0.377 e. The number of ether oxygens (including phenoxy) is 1. The van der Waals surface area contributed by atoms with Gasteiger partial charge < -0.3 is 10.1 Å². The van der Waals surface area contributed by atoms with Crippen LogP contribution >= 0.6 is 0 Å². The van der Waals surface area contributed by atoms with Crippen LogP contribution in [0.1, 0.15) is 31.1 Å². The van der Waals surface area contributed by atoms with Crippen LogP contribution < -0.4 is 5.32 Å². The molecular weight excluding hydrogens is 188 g/mol. The Morgan fingerprint density at radius 3 is 2.60 bits per heavy atom. The fourth-order valence-corrected chi connectivity index (χ4v) is 1.32. The van der Waals surface area contributed by atoms with Crippen LogP contribution in [0.2, 0.25) is 0 Å². The van der Waals surface area contributed by atoms with Gasteiger partial charge in [-0.2, -0.15) is 0 Å². The molecule has 0 bridgehead atoms. The first-order valence-corrected chi connectivity index (χ1v) is 5.35. The molecule has 0 aromatic carbocycles. The van der Waals surface area contributed by atoms with Crippen molar-refractivity contribution in [2.24, 2.45) is 0 Å². The van der Waals surface area contributed by atoms with Crippen LogP contribution in [0.25, 0.3) is 0 Å². The van der Waals surface area contributed by atoms with Gasteiger partial charge in [0.2, 0.25) is 0 Å². The molecule has 1 atom stereocenters. The standard InChI is InChI=1S/C12H20N2O/c1-9(2)15-8-12(13-4)11-6-5-10(3)14-7-11/h5-7,9,12-13H,8H2,1-4H3. The first kappa shape index (κ1) is 12.1. The number of rotatable bonds is 5. The number of likely N-dealkylation sites (N-methyl/N-ethyl adjacent to an activating group) is 1. The predicted octanol–water partition coefficient (Wildman–Crippen LogP) is 2.08. The lowest BCUT2D eigenvalue weighted by molar-refractivity contribution is 0.0625. The molecule has 1 unspecified atom stereocenters. The van der Waals surface area contributed by atoms with E-state index in [1.165, 1.54) is 5.56 Å². The maximum absolute atomic E-state index is 5.59. The Morgan fingerprint density at radius 1 is 1.40 bits per heavy atom. The number of pyridine rings is 1. The first-order chi connectivity index (χ1) is 7.13. The highest BCUT2D eigenvalue weighted by molar-refractivity contribution is 5.17. The van der Waals surface area contributed by atoms with Gasteiger partial charge in [0.15, 0.2) is 0 Å². The average molecular weight is 208 g/mol. The Hall–Kier alpha value is -0.930. The lowest BCUT2D eigenvalue weighted by atomic mass is 10.1. The van der Waals surface area contributed by atoms with E-state index in [0.717, 1.165) is 5.69 Å². The summed E-state index contributed by atoms with van der Waals surface area (Å²) in [6, 6.07) is 4.34. The smallest absolute Gasteiger partial charge is 0.0665 e. The molecule has 15 heavy (non-hydrogen) atoms. The number of hydrogen-bond acceptors (Lipinski definition) is 3. The topological polar surface area (TPSA) is 34.1 Å². The Labute approximate surface area is 91.9 Å². The average Bonchev–Trinajstić information content (AvgIpc) is 2.21. The van der Waals surface area contributed by atoms with Gasteiger partial charge in [-0.25, -0.2) is 0 Å². The Kier molecular flexibility index (Phi) is 4.72. The Morgan fingerprint density at radius 2 is 2.13 bits per heavy atom. The van der Waals surface area contributed by atoms with Crippen LogP contribution in [0.3, 0.4) is 0 Å². The van der Waals surface area contributed by atoms with E-state index in [0.29, 0.717) is 6.61 Å². The fourth-order valence-electron chi connectivity index (χ4n) is 1.32. The fraction of sp³-hybridized carbons (Fsp3) is 0.583. The summed E-state index contributed by atoms with van der Waals surface area (Å²) in [6.07, 6.45) is 2.17. The molecule has 0 saturated carbocycles. The van der Waals surface area contributed by atoms with Crippen LogP contribution in [-0.2, 0) is 4.74 Å². The van der Waals surface area contributed by atoms with Crippen LogP contribution in [0.4, 0.5) is 0 Å².